The molecular weight excluding hydrogens is 332 g/mol. The average Bonchev–Trinajstić information content (AvgIpc) is 3.06. The zero-order chi connectivity index (χ0) is 17.5. The molecule has 0 spiro atoms. The molecule has 1 heterocycles. The quantitative estimate of drug-likeness (QED) is 0.306. The smallest absolute Gasteiger partial charge is 0.0361 e. The summed E-state index contributed by atoms with van der Waals surface area (Å²) in [6, 6.07) is 32.9. The SMILES string of the molecule is Cc1ccccc1-c1ccc(-c2ccc3c(c2)sc2ccccc23)cc1. The number of aryl methyl sites for hydroxylation is 1. The summed E-state index contributed by atoms with van der Waals surface area (Å²) in [4.78, 5) is 0. The molecule has 0 aliphatic heterocycles. The van der Waals surface area contributed by atoms with Crippen molar-refractivity contribution in [1.82, 2.24) is 0 Å². The summed E-state index contributed by atoms with van der Waals surface area (Å²) < 4.78 is 2.71. The van der Waals surface area contributed by atoms with E-state index in [1.807, 2.05) is 11.3 Å². The molecule has 1 heteroatoms. The van der Waals surface area contributed by atoms with Gasteiger partial charge in [-0.25, -0.2) is 0 Å². The first-order valence-electron chi connectivity index (χ1n) is 8.87. The van der Waals surface area contributed by atoms with Crippen molar-refractivity contribution in [1.29, 1.82) is 0 Å². The van der Waals surface area contributed by atoms with Crippen LogP contribution in [0.5, 0.6) is 0 Å². The summed E-state index contributed by atoms with van der Waals surface area (Å²) >= 11 is 1.87. The Labute approximate surface area is 157 Å². The van der Waals surface area contributed by atoms with Gasteiger partial charge in [0.1, 0.15) is 0 Å². The summed E-state index contributed by atoms with van der Waals surface area (Å²) in [7, 11) is 0. The van der Waals surface area contributed by atoms with Gasteiger partial charge in [-0.1, -0.05) is 78.9 Å². The van der Waals surface area contributed by atoms with Crippen LogP contribution in [0.2, 0.25) is 0 Å². The molecule has 26 heavy (non-hydrogen) atoms. The Morgan fingerprint density at radius 1 is 0.538 bits per heavy atom. The molecule has 0 radical (unpaired) electrons. The summed E-state index contributed by atoms with van der Waals surface area (Å²) in [5.41, 5.74) is 6.43. The van der Waals surface area contributed by atoms with E-state index in [0.29, 0.717) is 0 Å². The molecule has 0 saturated heterocycles. The summed E-state index contributed by atoms with van der Waals surface area (Å²) in [5, 5.41) is 2.71. The van der Waals surface area contributed by atoms with E-state index in [-0.39, 0.29) is 0 Å². The maximum Gasteiger partial charge on any atom is 0.0361 e. The van der Waals surface area contributed by atoms with Crippen molar-refractivity contribution in [3.63, 3.8) is 0 Å². The van der Waals surface area contributed by atoms with Crippen LogP contribution >= 0.6 is 11.3 Å². The molecule has 0 unspecified atom stereocenters. The van der Waals surface area contributed by atoms with Crippen molar-refractivity contribution < 1.29 is 0 Å². The Morgan fingerprint density at radius 2 is 1.19 bits per heavy atom. The second-order valence-corrected chi connectivity index (χ2v) is 7.79. The van der Waals surface area contributed by atoms with Crippen molar-refractivity contribution in [3.8, 4) is 22.3 Å². The fourth-order valence-electron chi connectivity index (χ4n) is 3.64. The van der Waals surface area contributed by atoms with Gasteiger partial charge in [0.15, 0.2) is 0 Å². The van der Waals surface area contributed by atoms with Crippen molar-refractivity contribution in [3.05, 3.63) is 96.6 Å². The third-order valence-electron chi connectivity index (χ3n) is 5.05. The van der Waals surface area contributed by atoms with Crippen LogP contribution in [-0.4, -0.2) is 0 Å². The van der Waals surface area contributed by atoms with Crippen LogP contribution in [0, 0.1) is 6.92 Å². The van der Waals surface area contributed by atoms with Gasteiger partial charge in [0.05, 0.1) is 0 Å². The average molecular weight is 350 g/mol. The van der Waals surface area contributed by atoms with Crippen LogP contribution in [-0.2, 0) is 0 Å². The number of hydrogen-bond donors (Lipinski definition) is 0. The van der Waals surface area contributed by atoms with Gasteiger partial charge in [0.25, 0.3) is 0 Å². The number of benzene rings is 4. The van der Waals surface area contributed by atoms with Crippen LogP contribution in [0.25, 0.3) is 42.4 Å². The minimum atomic E-state index is 1.27. The van der Waals surface area contributed by atoms with Gasteiger partial charge in [0, 0.05) is 20.2 Å². The van der Waals surface area contributed by atoms with Gasteiger partial charge in [-0.15, -0.1) is 11.3 Å². The van der Waals surface area contributed by atoms with Crippen molar-refractivity contribution in [2.75, 3.05) is 0 Å². The van der Waals surface area contributed by atoms with E-state index in [4.69, 9.17) is 0 Å². The first kappa shape index (κ1) is 15.4. The standard InChI is InChI=1S/C25H18S/c1-17-6-2-3-7-21(17)19-12-10-18(11-13-19)20-14-15-23-22-8-4-5-9-24(22)26-25(23)16-20/h2-16H,1H3. The lowest BCUT2D eigenvalue weighted by atomic mass is 9.97. The molecule has 0 atom stereocenters. The molecule has 0 aliphatic rings. The molecule has 0 N–H and O–H groups in total. The molecule has 0 bridgehead atoms. The van der Waals surface area contributed by atoms with E-state index in [1.54, 1.807) is 0 Å². The van der Waals surface area contributed by atoms with Gasteiger partial charge in [-0.2, -0.15) is 0 Å². The molecular formula is C25H18S. The molecule has 5 aromatic rings. The van der Waals surface area contributed by atoms with E-state index in [1.165, 1.54) is 48.0 Å². The lowest BCUT2D eigenvalue weighted by molar-refractivity contribution is 1.46. The van der Waals surface area contributed by atoms with Gasteiger partial charge in [-0.3, -0.25) is 0 Å². The monoisotopic (exact) mass is 350 g/mol. The van der Waals surface area contributed by atoms with Gasteiger partial charge in [0.2, 0.25) is 0 Å². The van der Waals surface area contributed by atoms with Crippen molar-refractivity contribution in [2.24, 2.45) is 0 Å². The number of fused-ring (bicyclic) bond motifs is 3. The highest BCUT2D eigenvalue weighted by molar-refractivity contribution is 7.25. The topological polar surface area (TPSA) is 0 Å². The number of hydrogen-bond acceptors (Lipinski definition) is 1. The molecule has 4 aromatic carbocycles. The third kappa shape index (κ3) is 2.53. The Bertz CT molecular complexity index is 1230. The van der Waals surface area contributed by atoms with E-state index >= 15 is 0 Å². The largest absolute Gasteiger partial charge is 0.135 e. The minimum Gasteiger partial charge on any atom is -0.135 e. The van der Waals surface area contributed by atoms with E-state index in [0.717, 1.165) is 0 Å². The highest BCUT2D eigenvalue weighted by atomic mass is 32.1. The maximum atomic E-state index is 2.32. The highest BCUT2D eigenvalue weighted by Gasteiger charge is 2.07. The van der Waals surface area contributed by atoms with Crippen molar-refractivity contribution >= 4 is 31.5 Å². The molecule has 0 nitrogen and oxygen atoms in total. The molecule has 124 valence electrons. The van der Waals surface area contributed by atoms with Crippen LogP contribution in [0.15, 0.2) is 91.0 Å². The Balaban J connectivity index is 1.57. The Hall–Kier alpha value is -2.90. The zero-order valence-corrected chi connectivity index (χ0v) is 15.4. The van der Waals surface area contributed by atoms with Crippen LogP contribution < -0.4 is 0 Å². The van der Waals surface area contributed by atoms with Crippen LogP contribution in [0.4, 0.5) is 0 Å². The van der Waals surface area contributed by atoms with Gasteiger partial charge in [-0.05, 0) is 46.9 Å². The molecule has 5 rings (SSSR count). The fraction of sp³-hybridized carbons (Fsp3) is 0.0400. The van der Waals surface area contributed by atoms with E-state index in [9.17, 15) is 0 Å². The maximum absolute atomic E-state index is 2.32. The number of rotatable bonds is 2. The normalized spacial score (nSPS) is 11.3. The minimum absolute atomic E-state index is 1.27. The first-order valence-corrected chi connectivity index (χ1v) is 9.69. The molecule has 0 aliphatic carbocycles. The second kappa shape index (κ2) is 6.12. The first-order chi connectivity index (χ1) is 12.8. The van der Waals surface area contributed by atoms with E-state index in [2.05, 4.69) is 97.9 Å². The third-order valence-corrected chi connectivity index (χ3v) is 6.19. The lowest BCUT2D eigenvalue weighted by Gasteiger charge is -2.08. The zero-order valence-electron chi connectivity index (χ0n) is 14.6. The number of thiophene rings is 1. The lowest BCUT2D eigenvalue weighted by Crippen LogP contribution is -1.83. The van der Waals surface area contributed by atoms with Gasteiger partial charge >= 0.3 is 0 Å². The van der Waals surface area contributed by atoms with E-state index < -0.39 is 0 Å². The molecule has 0 saturated carbocycles. The predicted molar refractivity (Wildman–Crippen MR) is 115 cm³/mol. The fourth-order valence-corrected chi connectivity index (χ4v) is 4.79. The Kier molecular flexibility index (Phi) is 3.62. The predicted octanol–water partition coefficient (Wildman–Crippen LogP) is 7.70. The van der Waals surface area contributed by atoms with Crippen LogP contribution in [0.1, 0.15) is 5.56 Å². The molecule has 1 aromatic heterocycles. The van der Waals surface area contributed by atoms with Crippen molar-refractivity contribution in [2.45, 2.75) is 6.92 Å². The second-order valence-electron chi connectivity index (χ2n) is 6.70. The summed E-state index contributed by atoms with van der Waals surface area (Å²) in [6.45, 7) is 2.17. The van der Waals surface area contributed by atoms with Gasteiger partial charge < -0.3 is 0 Å². The molecule has 0 fully saturated rings. The summed E-state index contributed by atoms with van der Waals surface area (Å²) in [6.07, 6.45) is 0. The van der Waals surface area contributed by atoms with Crippen LogP contribution in [0.3, 0.4) is 0 Å². The summed E-state index contributed by atoms with van der Waals surface area (Å²) in [5.74, 6) is 0. The highest BCUT2D eigenvalue weighted by Crippen LogP contribution is 2.36. The Morgan fingerprint density at radius 3 is 2.04 bits per heavy atom. The molecule has 0 amide bonds.